The highest BCUT2D eigenvalue weighted by Crippen LogP contribution is 2.15. The van der Waals surface area contributed by atoms with Crippen molar-refractivity contribution >= 4 is 0 Å². The van der Waals surface area contributed by atoms with Crippen LogP contribution < -0.4 is 4.74 Å². The summed E-state index contributed by atoms with van der Waals surface area (Å²) in [4.78, 5) is 3.64. The quantitative estimate of drug-likeness (QED) is 0.765. The molecule has 2 rings (SSSR count). The van der Waals surface area contributed by atoms with Crippen LogP contribution in [0.15, 0.2) is 48.8 Å². The number of pyridine rings is 1. The highest BCUT2D eigenvalue weighted by Gasteiger charge is 2.01. The van der Waals surface area contributed by atoms with Gasteiger partial charge in [-0.25, -0.2) is 4.39 Å². The van der Waals surface area contributed by atoms with Crippen LogP contribution in [-0.2, 0) is 6.61 Å². The van der Waals surface area contributed by atoms with Crippen molar-refractivity contribution < 1.29 is 9.13 Å². The minimum atomic E-state index is -0.437. The van der Waals surface area contributed by atoms with E-state index in [4.69, 9.17) is 4.74 Å². The number of hydrogen-bond acceptors (Lipinski definition) is 2. The number of aromatic nitrogens is 1. The van der Waals surface area contributed by atoms with Crippen LogP contribution in [0.5, 0.6) is 5.75 Å². The first kappa shape index (κ1) is 9.65. The van der Waals surface area contributed by atoms with Gasteiger partial charge in [0.15, 0.2) is 11.6 Å². The smallest absolute Gasteiger partial charge is 0.183 e. The van der Waals surface area contributed by atoms with Gasteiger partial charge in [0.05, 0.1) is 6.20 Å². The van der Waals surface area contributed by atoms with Crippen LogP contribution in [0.1, 0.15) is 5.56 Å². The molecule has 0 aliphatic rings. The van der Waals surface area contributed by atoms with Crippen molar-refractivity contribution in [2.45, 2.75) is 6.61 Å². The number of rotatable bonds is 3. The van der Waals surface area contributed by atoms with Gasteiger partial charge in [-0.1, -0.05) is 30.3 Å². The van der Waals surface area contributed by atoms with E-state index in [1.165, 1.54) is 12.3 Å². The van der Waals surface area contributed by atoms with Gasteiger partial charge < -0.3 is 4.74 Å². The Morgan fingerprint density at radius 2 is 1.93 bits per heavy atom. The molecule has 76 valence electrons. The molecule has 0 unspecified atom stereocenters. The zero-order valence-electron chi connectivity index (χ0n) is 8.06. The van der Waals surface area contributed by atoms with E-state index in [1.807, 2.05) is 30.3 Å². The molecule has 15 heavy (non-hydrogen) atoms. The lowest BCUT2D eigenvalue weighted by Crippen LogP contribution is -1.97. The monoisotopic (exact) mass is 203 g/mol. The van der Waals surface area contributed by atoms with Gasteiger partial charge in [-0.05, 0) is 5.56 Å². The fourth-order valence-corrected chi connectivity index (χ4v) is 1.21. The minimum absolute atomic E-state index is 0.230. The third-order valence-electron chi connectivity index (χ3n) is 1.97. The normalized spacial score (nSPS) is 9.93. The molecule has 0 amide bonds. The summed E-state index contributed by atoms with van der Waals surface area (Å²) in [6, 6.07) is 11.1. The number of ether oxygens (including phenoxy) is 1. The Kier molecular flexibility index (Phi) is 2.93. The Labute approximate surface area is 87.4 Å². The molecule has 0 saturated carbocycles. The second kappa shape index (κ2) is 4.55. The molecule has 0 N–H and O–H groups in total. The highest BCUT2D eigenvalue weighted by atomic mass is 19.1. The first-order valence-corrected chi connectivity index (χ1v) is 4.62. The second-order valence-electron chi connectivity index (χ2n) is 3.08. The van der Waals surface area contributed by atoms with Gasteiger partial charge in [0, 0.05) is 12.3 Å². The standard InChI is InChI=1S/C12H10FNO/c13-11-8-14-7-6-12(11)15-9-10-4-2-1-3-5-10/h1-8H,9H2. The third kappa shape index (κ3) is 2.53. The lowest BCUT2D eigenvalue weighted by atomic mass is 10.2. The van der Waals surface area contributed by atoms with Crippen LogP contribution in [0.4, 0.5) is 4.39 Å². The summed E-state index contributed by atoms with van der Waals surface area (Å²) in [6.45, 7) is 0.363. The predicted molar refractivity (Wildman–Crippen MR) is 55.0 cm³/mol. The summed E-state index contributed by atoms with van der Waals surface area (Å²) in [7, 11) is 0. The van der Waals surface area contributed by atoms with Crippen LogP contribution >= 0.6 is 0 Å². The number of hydrogen-bond donors (Lipinski definition) is 0. The maximum absolute atomic E-state index is 13.1. The molecular weight excluding hydrogens is 193 g/mol. The summed E-state index contributed by atoms with van der Waals surface area (Å²) in [6.07, 6.45) is 2.64. The molecule has 0 saturated heterocycles. The molecule has 0 fully saturated rings. The van der Waals surface area contributed by atoms with Crippen molar-refractivity contribution in [3.8, 4) is 5.75 Å². The summed E-state index contributed by atoms with van der Waals surface area (Å²) >= 11 is 0. The van der Waals surface area contributed by atoms with E-state index in [0.29, 0.717) is 6.61 Å². The predicted octanol–water partition coefficient (Wildman–Crippen LogP) is 2.80. The third-order valence-corrected chi connectivity index (χ3v) is 1.97. The second-order valence-corrected chi connectivity index (χ2v) is 3.08. The van der Waals surface area contributed by atoms with Crippen molar-refractivity contribution in [2.24, 2.45) is 0 Å². The molecule has 0 spiro atoms. The molecule has 0 bridgehead atoms. The fraction of sp³-hybridized carbons (Fsp3) is 0.0833. The Morgan fingerprint density at radius 1 is 1.13 bits per heavy atom. The van der Waals surface area contributed by atoms with Crippen LogP contribution in [0.3, 0.4) is 0 Å². The van der Waals surface area contributed by atoms with Gasteiger partial charge in [0.1, 0.15) is 6.61 Å². The van der Waals surface area contributed by atoms with Gasteiger partial charge in [0.2, 0.25) is 0 Å². The maximum Gasteiger partial charge on any atom is 0.183 e. The van der Waals surface area contributed by atoms with Gasteiger partial charge in [-0.15, -0.1) is 0 Å². The Hall–Kier alpha value is -1.90. The van der Waals surface area contributed by atoms with Crippen LogP contribution in [-0.4, -0.2) is 4.98 Å². The van der Waals surface area contributed by atoms with Gasteiger partial charge in [-0.2, -0.15) is 0 Å². The first-order chi connectivity index (χ1) is 7.36. The van der Waals surface area contributed by atoms with Crippen molar-refractivity contribution in [3.05, 3.63) is 60.2 Å². The van der Waals surface area contributed by atoms with Crippen molar-refractivity contribution in [3.63, 3.8) is 0 Å². The SMILES string of the molecule is Fc1cnccc1OCc1ccccc1. The first-order valence-electron chi connectivity index (χ1n) is 4.62. The summed E-state index contributed by atoms with van der Waals surface area (Å²) in [5, 5.41) is 0. The van der Waals surface area contributed by atoms with E-state index in [1.54, 1.807) is 0 Å². The lowest BCUT2D eigenvalue weighted by Gasteiger charge is -2.06. The minimum Gasteiger partial charge on any atom is -0.486 e. The average Bonchev–Trinajstić information content (AvgIpc) is 2.29. The highest BCUT2D eigenvalue weighted by molar-refractivity contribution is 5.21. The van der Waals surface area contributed by atoms with Crippen LogP contribution in [0, 0.1) is 5.82 Å². The zero-order valence-corrected chi connectivity index (χ0v) is 8.06. The Morgan fingerprint density at radius 3 is 2.67 bits per heavy atom. The molecule has 2 aromatic rings. The Balaban J connectivity index is 2.03. The van der Waals surface area contributed by atoms with E-state index in [2.05, 4.69) is 4.98 Å². The van der Waals surface area contributed by atoms with Crippen molar-refractivity contribution in [1.29, 1.82) is 0 Å². The number of benzene rings is 1. The average molecular weight is 203 g/mol. The van der Waals surface area contributed by atoms with Crippen molar-refractivity contribution in [1.82, 2.24) is 4.98 Å². The summed E-state index contributed by atoms with van der Waals surface area (Å²) in [5.41, 5.74) is 1.01. The topological polar surface area (TPSA) is 22.1 Å². The molecule has 0 atom stereocenters. The lowest BCUT2D eigenvalue weighted by molar-refractivity contribution is 0.289. The molecule has 0 radical (unpaired) electrons. The van der Waals surface area contributed by atoms with E-state index >= 15 is 0 Å². The van der Waals surface area contributed by atoms with Gasteiger partial charge in [0.25, 0.3) is 0 Å². The molecule has 0 aliphatic heterocycles. The summed E-state index contributed by atoms with van der Waals surface area (Å²) in [5.74, 6) is -0.206. The molecule has 3 heteroatoms. The number of halogens is 1. The van der Waals surface area contributed by atoms with Crippen LogP contribution in [0.25, 0.3) is 0 Å². The van der Waals surface area contributed by atoms with Crippen molar-refractivity contribution in [2.75, 3.05) is 0 Å². The van der Waals surface area contributed by atoms with Gasteiger partial charge in [-0.3, -0.25) is 4.98 Å². The molecule has 2 nitrogen and oxygen atoms in total. The van der Waals surface area contributed by atoms with Gasteiger partial charge >= 0.3 is 0 Å². The molecule has 1 aromatic heterocycles. The molecule has 0 aliphatic carbocycles. The fourth-order valence-electron chi connectivity index (χ4n) is 1.21. The Bertz CT molecular complexity index is 431. The number of nitrogens with zero attached hydrogens (tertiary/aromatic N) is 1. The largest absolute Gasteiger partial charge is 0.486 e. The van der Waals surface area contributed by atoms with E-state index < -0.39 is 5.82 Å². The van der Waals surface area contributed by atoms with E-state index in [9.17, 15) is 4.39 Å². The molecule has 1 aromatic carbocycles. The maximum atomic E-state index is 13.1. The van der Waals surface area contributed by atoms with E-state index in [0.717, 1.165) is 11.8 Å². The zero-order chi connectivity index (χ0) is 10.5. The molecular formula is C12H10FNO. The summed E-state index contributed by atoms with van der Waals surface area (Å²) < 4.78 is 18.4. The van der Waals surface area contributed by atoms with Crippen LogP contribution in [0.2, 0.25) is 0 Å². The van der Waals surface area contributed by atoms with E-state index in [-0.39, 0.29) is 5.75 Å². The molecule has 1 heterocycles.